The molecule has 0 saturated carbocycles. The maximum Gasteiger partial charge on any atom is 0.228 e. The lowest BCUT2D eigenvalue weighted by molar-refractivity contribution is -0.128. The normalized spacial score (nSPS) is 23.4. The molecule has 10 nitrogen and oxygen atoms in total. The van der Waals surface area contributed by atoms with Gasteiger partial charge in [-0.25, -0.2) is 19.3 Å². The lowest BCUT2D eigenvalue weighted by Gasteiger charge is -2.30. The van der Waals surface area contributed by atoms with Gasteiger partial charge in [-0.05, 0) is 6.42 Å². The Morgan fingerprint density at radius 2 is 1.90 bits per heavy atom. The lowest BCUT2D eigenvalue weighted by atomic mass is 10.1. The van der Waals surface area contributed by atoms with Gasteiger partial charge in [0.15, 0.2) is 0 Å². The zero-order chi connectivity index (χ0) is 21.5. The molecule has 11 heteroatoms. The number of alkyl halides is 1. The zero-order valence-electron chi connectivity index (χ0n) is 17.4. The summed E-state index contributed by atoms with van der Waals surface area (Å²) in [6, 6.07) is -0.423. The molecule has 0 unspecified atom stereocenters. The fourth-order valence-electron chi connectivity index (χ4n) is 4.49. The van der Waals surface area contributed by atoms with E-state index in [-0.39, 0.29) is 18.4 Å². The van der Waals surface area contributed by atoms with Gasteiger partial charge < -0.3 is 25.2 Å². The molecule has 2 fully saturated rings. The number of hydrogen-bond acceptors (Lipinski definition) is 9. The van der Waals surface area contributed by atoms with Gasteiger partial charge in [-0.15, -0.1) is 0 Å². The molecule has 0 aliphatic carbocycles. The second-order valence-corrected chi connectivity index (χ2v) is 8.05. The number of anilines is 3. The summed E-state index contributed by atoms with van der Waals surface area (Å²) < 4.78 is 20.4. The van der Waals surface area contributed by atoms with Crippen molar-refractivity contribution in [2.24, 2.45) is 0 Å². The molecule has 2 atom stereocenters. The first-order valence-electron chi connectivity index (χ1n) is 10.5. The Morgan fingerprint density at radius 3 is 2.58 bits per heavy atom. The van der Waals surface area contributed by atoms with E-state index in [1.54, 1.807) is 17.3 Å². The van der Waals surface area contributed by atoms with E-state index in [0.717, 1.165) is 22.6 Å². The van der Waals surface area contributed by atoms with E-state index in [2.05, 4.69) is 14.9 Å². The highest BCUT2D eigenvalue weighted by atomic mass is 19.1. The molecule has 0 aromatic carbocycles. The molecule has 164 valence electrons. The van der Waals surface area contributed by atoms with Crippen molar-refractivity contribution in [2.75, 3.05) is 61.5 Å². The van der Waals surface area contributed by atoms with Crippen LogP contribution in [0, 0.1) is 0 Å². The third kappa shape index (κ3) is 3.62. The van der Waals surface area contributed by atoms with Crippen LogP contribution in [0.2, 0.25) is 0 Å². The van der Waals surface area contributed by atoms with Crippen molar-refractivity contribution in [1.82, 2.24) is 24.8 Å². The Bertz CT molecular complexity index is 982. The molecule has 31 heavy (non-hydrogen) atoms. The fourth-order valence-corrected chi connectivity index (χ4v) is 4.49. The SMILES string of the molecule is CC(=O)N1C[C@@H](N2CCc3c(-c4cnc(N)nc4)nc(N4CCOCC4)nc32)[C@@H](F)C1. The third-order valence-electron chi connectivity index (χ3n) is 6.15. The number of fused-ring (bicyclic) bond motifs is 1. The van der Waals surface area contributed by atoms with Crippen LogP contribution >= 0.6 is 0 Å². The topological polar surface area (TPSA) is 114 Å². The number of aromatic nitrogens is 4. The molecule has 0 spiro atoms. The van der Waals surface area contributed by atoms with Crippen molar-refractivity contribution in [3.05, 3.63) is 18.0 Å². The summed E-state index contributed by atoms with van der Waals surface area (Å²) in [7, 11) is 0. The Kier molecular flexibility index (Phi) is 5.05. The molecule has 2 N–H and O–H groups in total. The first-order valence-corrected chi connectivity index (χ1v) is 10.5. The Hall–Kier alpha value is -3.08. The number of morpholine rings is 1. The highest BCUT2D eigenvalue weighted by molar-refractivity contribution is 5.75. The highest BCUT2D eigenvalue weighted by Gasteiger charge is 2.42. The molecule has 1 amide bonds. The van der Waals surface area contributed by atoms with Crippen LogP contribution in [0.3, 0.4) is 0 Å². The van der Waals surface area contributed by atoms with E-state index in [1.807, 2.05) is 4.90 Å². The molecule has 2 saturated heterocycles. The van der Waals surface area contributed by atoms with E-state index >= 15 is 0 Å². The minimum absolute atomic E-state index is 0.110. The molecule has 5 rings (SSSR count). The second kappa shape index (κ2) is 7.88. The number of nitrogens with two attached hydrogens (primary N) is 1. The molecule has 3 aliphatic rings. The average Bonchev–Trinajstić information content (AvgIpc) is 3.37. The zero-order valence-corrected chi connectivity index (χ0v) is 17.4. The smallest absolute Gasteiger partial charge is 0.228 e. The molecule has 5 heterocycles. The number of nitrogen functional groups attached to an aromatic ring is 1. The summed E-state index contributed by atoms with van der Waals surface area (Å²) in [5.41, 5.74) is 8.10. The van der Waals surface area contributed by atoms with Crippen LogP contribution in [-0.2, 0) is 16.0 Å². The number of likely N-dealkylation sites (tertiary alicyclic amines) is 1. The van der Waals surface area contributed by atoms with E-state index in [4.69, 9.17) is 20.4 Å². The summed E-state index contributed by atoms with van der Waals surface area (Å²) in [6.45, 7) is 5.15. The van der Waals surface area contributed by atoms with Crippen molar-refractivity contribution < 1.29 is 13.9 Å². The molecular weight excluding hydrogens is 403 g/mol. The number of amides is 1. The number of nitrogens with zero attached hydrogens (tertiary/aromatic N) is 7. The van der Waals surface area contributed by atoms with E-state index in [0.29, 0.717) is 51.8 Å². The van der Waals surface area contributed by atoms with Crippen molar-refractivity contribution >= 4 is 23.6 Å². The van der Waals surface area contributed by atoms with Crippen LogP contribution in [0.25, 0.3) is 11.3 Å². The van der Waals surface area contributed by atoms with E-state index in [1.165, 1.54) is 6.92 Å². The number of halogens is 1. The van der Waals surface area contributed by atoms with Gasteiger partial charge in [-0.2, -0.15) is 4.98 Å². The molecule has 0 bridgehead atoms. The van der Waals surface area contributed by atoms with Gasteiger partial charge in [0.2, 0.25) is 17.8 Å². The summed E-state index contributed by atoms with van der Waals surface area (Å²) in [5, 5.41) is 0. The maximum absolute atomic E-state index is 14.9. The standard InChI is InChI=1S/C20H25FN8O2/c1-12(30)28-10-15(21)16(11-28)29-3-2-14-17(13-8-23-19(22)24-9-13)25-20(26-18(14)29)27-4-6-31-7-5-27/h8-9,15-16H,2-7,10-11H2,1H3,(H2,22,23,24)/t15-,16+/m0/s1. The van der Waals surface area contributed by atoms with E-state index in [9.17, 15) is 9.18 Å². The van der Waals surface area contributed by atoms with Crippen LogP contribution in [0.15, 0.2) is 12.4 Å². The minimum atomic E-state index is -1.13. The van der Waals surface area contributed by atoms with Crippen molar-refractivity contribution in [3.8, 4) is 11.3 Å². The quantitative estimate of drug-likeness (QED) is 0.736. The van der Waals surface area contributed by atoms with Gasteiger partial charge >= 0.3 is 0 Å². The number of rotatable bonds is 3. The minimum Gasteiger partial charge on any atom is -0.378 e. The van der Waals surface area contributed by atoms with Crippen molar-refractivity contribution in [2.45, 2.75) is 25.6 Å². The van der Waals surface area contributed by atoms with Gasteiger partial charge in [0, 0.05) is 56.6 Å². The maximum atomic E-state index is 14.9. The lowest BCUT2D eigenvalue weighted by Crippen LogP contribution is -2.42. The molecule has 3 aliphatic heterocycles. The summed E-state index contributed by atoms with van der Waals surface area (Å²) in [4.78, 5) is 35.4. The van der Waals surface area contributed by atoms with Crippen LogP contribution in [0.1, 0.15) is 12.5 Å². The molecular formula is C20H25FN8O2. The largest absolute Gasteiger partial charge is 0.378 e. The van der Waals surface area contributed by atoms with Gasteiger partial charge in [-0.1, -0.05) is 0 Å². The highest BCUT2D eigenvalue weighted by Crippen LogP contribution is 2.38. The second-order valence-electron chi connectivity index (χ2n) is 8.05. The Labute approximate surface area is 179 Å². The van der Waals surface area contributed by atoms with Gasteiger partial charge in [0.1, 0.15) is 12.0 Å². The van der Waals surface area contributed by atoms with E-state index < -0.39 is 12.2 Å². The predicted octanol–water partition coefficient (Wildman–Crippen LogP) is 0.284. The first-order chi connectivity index (χ1) is 15.0. The molecule has 0 radical (unpaired) electrons. The summed E-state index contributed by atoms with van der Waals surface area (Å²) >= 11 is 0. The first kappa shape index (κ1) is 19.9. The summed E-state index contributed by atoms with van der Waals surface area (Å²) in [5.74, 6) is 1.39. The van der Waals surface area contributed by atoms with Gasteiger partial charge in [0.25, 0.3) is 0 Å². The van der Waals surface area contributed by atoms with Gasteiger partial charge in [-0.3, -0.25) is 4.79 Å². The number of hydrogen-bond donors (Lipinski definition) is 1. The monoisotopic (exact) mass is 428 g/mol. The molecule has 2 aromatic heterocycles. The summed E-state index contributed by atoms with van der Waals surface area (Å²) in [6.07, 6.45) is 2.87. The number of ether oxygens (including phenoxy) is 1. The molecule has 2 aromatic rings. The van der Waals surface area contributed by atoms with Crippen LogP contribution < -0.4 is 15.5 Å². The Morgan fingerprint density at radius 1 is 1.16 bits per heavy atom. The average molecular weight is 428 g/mol. The van der Waals surface area contributed by atoms with Crippen molar-refractivity contribution in [1.29, 1.82) is 0 Å². The van der Waals surface area contributed by atoms with Crippen molar-refractivity contribution in [3.63, 3.8) is 0 Å². The van der Waals surface area contributed by atoms with Crippen LogP contribution in [0.5, 0.6) is 0 Å². The number of carbonyl (C=O) groups excluding carboxylic acids is 1. The number of carbonyl (C=O) groups is 1. The third-order valence-corrected chi connectivity index (χ3v) is 6.15. The van der Waals surface area contributed by atoms with Crippen LogP contribution in [0.4, 0.5) is 22.1 Å². The van der Waals surface area contributed by atoms with Crippen LogP contribution in [-0.4, -0.2) is 88.9 Å². The Balaban J connectivity index is 1.56. The van der Waals surface area contributed by atoms with Gasteiger partial charge in [0.05, 0.1) is 31.5 Å². The predicted molar refractivity (Wildman–Crippen MR) is 112 cm³/mol. The fraction of sp³-hybridized carbons (Fsp3) is 0.550.